The highest BCUT2D eigenvalue weighted by atomic mass is 16.3. The van der Waals surface area contributed by atoms with Gasteiger partial charge in [0, 0.05) is 25.1 Å². The first-order chi connectivity index (χ1) is 9.51. The smallest absolute Gasteiger partial charge is 0.246 e. The van der Waals surface area contributed by atoms with Crippen molar-refractivity contribution in [2.24, 2.45) is 5.92 Å². The van der Waals surface area contributed by atoms with Gasteiger partial charge in [-0.15, -0.1) is 0 Å². The fraction of sp³-hybridized carbons (Fsp3) is 0.471. The summed E-state index contributed by atoms with van der Waals surface area (Å²) < 4.78 is 5.75. The topological polar surface area (TPSA) is 33.5 Å². The first kappa shape index (κ1) is 14.6. The van der Waals surface area contributed by atoms with Gasteiger partial charge in [0.2, 0.25) is 5.91 Å². The van der Waals surface area contributed by atoms with Crippen molar-refractivity contribution in [3.63, 3.8) is 0 Å². The molecule has 0 spiro atoms. The third-order valence-electron chi connectivity index (χ3n) is 3.67. The summed E-state index contributed by atoms with van der Waals surface area (Å²) in [6.45, 7) is 11.2. The van der Waals surface area contributed by atoms with Crippen LogP contribution in [-0.2, 0) is 4.79 Å². The van der Waals surface area contributed by atoms with Crippen LogP contribution < -0.4 is 0 Å². The van der Waals surface area contributed by atoms with Crippen molar-refractivity contribution < 1.29 is 9.21 Å². The summed E-state index contributed by atoms with van der Waals surface area (Å²) in [7, 11) is 0. The van der Waals surface area contributed by atoms with Crippen LogP contribution in [0.25, 0.3) is 6.08 Å². The molecule has 3 nitrogen and oxygen atoms in total. The highest BCUT2D eigenvalue weighted by Gasteiger charge is 2.36. The second-order valence-electron chi connectivity index (χ2n) is 5.70. The van der Waals surface area contributed by atoms with Gasteiger partial charge in [0.25, 0.3) is 0 Å². The van der Waals surface area contributed by atoms with Gasteiger partial charge in [-0.25, -0.2) is 0 Å². The van der Waals surface area contributed by atoms with Gasteiger partial charge in [-0.05, 0) is 44.4 Å². The maximum atomic E-state index is 12.0. The number of furan rings is 1. The molecule has 0 aromatic carbocycles. The highest BCUT2D eigenvalue weighted by Crippen LogP contribution is 2.47. The predicted octanol–water partition coefficient (Wildman–Crippen LogP) is 3.84. The van der Waals surface area contributed by atoms with Crippen molar-refractivity contribution >= 4 is 12.0 Å². The maximum absolute atomic E-state index is 12.0. The molecule has 0 aliphatic heterocycles. The summed E-state index contributed by atoms with van der Waals surface area (Å²) in [5.74, 6) is 3.08. The molecule has 2 unspecified atom stereocenters. The van der Waals surface area contributed by atoms with Crippen molar-refractivity contribution in [3.8, 4) is 0 Å². The number of likely N-dealkylation sites (N-methyl/N-ethyl adjacent to an activating group) is 1. The maximum Gasteiger partial charge on any atom is 0.246 e. The van der Waals surface area contributed by atoms with Gasteiger partial charge in [-0.1, -0.05) is 19.1 Å². The molecular formula is C17H23NO2. The third-order valence-corrected chi connectivity index (χ3v) is 3.67. The zero-order valence-corrected chi connectivity index (χ0v) is 12.6. The van der Waals surface area contributed by atoms with E-state index in [1.165, 1.54) is 6.42 Å². The van der Waals surface area contributed by atoms with E-state index in [0.29, 0.717) is 19.0 Å². The summed E-state index contributed by atoms with van der Waals surface area (Å²) in [4.78, 5) is 13.8. The average molecular weight is 273 g/mol. The number of nitrogens with zero attached hydrogens (tertiary/aromatic N) is 1. The van der Waals surface area contributed by atoms with Gasteiger partial charge in [0.15, 0.2) is 0 Å². The van der Waals surface area contributed by atoms with Crippen molar-refractivity contribution in [2.75, 3.05) is 13.1 Å². The lowest BCUT2D eigenvalue weighted by Gasteiger charge is -2.18. The number of amides is 1. The van der Waals surface area contributed by atoms with Crippen molar-refractivity contribution in [1.29, 1.82) is 0 Å². The van der Waals surface area contributed by atoms with E-state index in [1.54, 1.807) is 17.1 Å². The van der Waals surface area contributed by atoms with E-state index in [1.807, 2.05) is 26.0 Å². The van der Waals surface area contributed by atoms with Crippen LogP contribution in [0.2, 0.25) is 0 Å². The Morgan fingerprint density at radius 1 is 1.55 bits per heavy atom. The Bertz CT molecular complexity index is 527. The number of hydrogen-bond donors (Lipinski definition) is 0. The highest BCUT2D eigenvalue weighted by molar-refractivity contribution is 5.91. The number of carbonyl (C=O) groups excluding carboxylic acids is 1. The molecule has 0 radical (unpaired) electrons. The molecule has 2 rings (SSSR count). The molecule has 2 atom stereocenters. The lowest BCUT2D eigenvalue weighted by atomic mass is 10.2. The zero-order valence-electron chi connectivity index (χ0n) is 12.6. The minimum Gasteiger partial charge on any atom is -0.461 e. The molecule has 0 N–H and O–H groups in total. The Labute approximate surface area is 121 Å². The van der Waals surface area contributed by atoms with Gasteiger partial charge >= 0.3 is 0 Å². The minimum atomic E-state index is -0.00626. The van der Waals surface area contributed by atoms with Crippen molar-refractivity contribution in [1.82, 2.24) is 4.90 Å². The second-order valence-corrected chi connectivity index (χ2v) is 5.70. The molecule has 1 aromatic rings. The van der Waals surface area contributed by atoms with E-state index < -0.39 is 0 Å². The normalized spacial score (nSPS) is 21.1. The number of hydrogen-bond acceptors (Lipinski definition) is 2. The number of carbonyl (C=O) groups is 1. The Kier molecular flexibility index (Phi) is 4.48. The van der Waals surface area contributed by atoms with E-state index in [-0.39, 0.29) is 5.91 Å². The molecule has 1 aliphatic rings. The van der Waals surface area contributed by atoms with Gasteiger partial charge in [-0.2, -0.15) is 0 Å². The molecule has 1 fully saturated rings. The molecule has 1 heterocycles. The Balaban J connectivity index is 1.95. The van der Waals surface area contributed by atoms with E-state index in [4.69, 9.17) is 4.42 Å². The summed E-state index contributed by atoms with van der Waals surface area (Å²) in [5, 5.41) is 0. The Morgan fingerprint density at radius 2 is 2.25 bits per heavy atom. The van der Waals surface area contributed by atoms with Gasteiger partial charge < -0.3 is 9.32 Å². The first-order valence-corrected chi connectivity index (χ1v) is 7.22. The van der Waals surface area contributed by atoms with Crippen LogP contribution >= 0.6 is 0 Å². The van der Waals surface area contributed by atoms with Crippen LogP contribution in [0.4, 0.5) is 0 Å². The Morgan fingerprint density at radius 3 is 2.80 bits per heavy atom. The standard InChI is InChI=1S/C17H23NO2/c1-5-18(11-12(2)3)17(19)9-7-14-6-8-16(20-14)15-10-13(15)4/h6-9,13,15H,2,5,10-11H2,1,3-4H3/b9-7+. The van der Waals surface area contributed by atoms with Crippen LogP contribution in [0.3, 0.4) is 0 Å². The van der Waals surface area contributed by atoms with Crippen LogP contribution in [0.5, 0.6) is 0 Å². The first-order valence-electron chi connectivity index (χ1n) is 7.22. The quantitative estimate of drug-likeness (QED) is 0.583. The summed E-state index contributed by atoms with van der Waals surface area (Å²) in [6.07, 6.45) is 4.53. The molecule has 3 heteroatoms. The molecule has 0 saturated heterocycles. The summed E-state index contributed by atoms with van der Waals surface area (Å²) >= 11 is 0. The van der Waals surface area contributed by atoms with Gasteiger partial charge in [0.05, 0.1) is 0 Å². The van der Waals surface area contributed by atoms with Gasteiger partial charge in [-0.3, -0.25) is 4.79 Å². The minimum absolute atomic E-state index is 0.00626. The van der Waals surface area contributed by atoms with E-state index in [9.17, 15) is 4.79 Å². The number of rotatable bonds is 6. The molecule has 1 aliphatic carbocycles. The predicted molar refractivity (Wildman–Crippen MR) is 81.3 cm³/mol. The molecule has 1 saturated carbocycles. The van der Waals surface area contributed by atoms with Crippen LogP contribution in [0.1, 0.15) is 44.6 Å². The molecule has 20 heavy (non-hydrogen) atoms. The van der Waals surface area contributed by atoms with E-state index >= 15 is 0 Å². The van der Waals surface area contributed by atoms with Gasteiger partial charge in [0.1, 0.15) is 11.5 Å². The molecule has 108 valence electrons. The zero-order chi connectivity index (χ0) is 14.7. The SMILES string of the molecule is C=C(C)CN(CC)C(=O)/C=C/c1ccc(C2CC2C)o1. The van der Waals surface area contributed by atoms with Crippen LogP contribution in [0, 0.1) is 5.92 Å². The second kappa shape index (κ2) is 6.12. The summed E-state index contributed by atoms with van der Waals surface area (Å²) in [6, 6.07) is 3.95. The average Bonchev–Trinajstić information content (AvgIpc) is 2.95. The van der Waals surface area contributed by atoms with E-state index in [0.717, 1.165) is 23.0 Å². The fourth-order valence-corrected chi connectivity index (χ4v) is 2.31. The third kappa shape index (κ3) is 3.62. The molecule has 0 bridgehead atoms. The monoisotopic (exact) mass is 273 g/mol. The molecular weight excluding hydrogens is 250 g/mol. The van der Waals surface area contributed by atoms with Crippen molar-refractivity contribution in [2.45, 2.75) is 33.1 Å². The summed E-state index contributed by atoms with van der Waals surface area (Å²) in [5.41, 5.74) is 0.983. The largest absolute Gasteiger partial charge is 0.461 e. The fourth-order valence-electron chi connectivity index (χ4n) is 2.31. The lowest BCUT2D eigenvalue weighted by molar-refractivity contribution is -0.125. The Hall–Kier alpha value is -1.77. The lowest BCUT2D eigenvalue weighted by Crippen LogP contribution is -2.30. The van der Waals surface area contributed by atoms with Crippen molar-refractivity contribution in [3.05, 3.63) is 41.9 Å². The molecule has 1 amide bonds. The van der Waals surface area contributed by atoms with Crippen LogP contribution in [0.15, 0.2) is 34.8 Å². The van der Waals surface area contributed by atoms with Crippen LogP contribution in [-0.4, -0.2) is 23.9 Å². The van der Waals surface area contributed by atoms with E-state index in [2.05, 4.69) is 13.5 Å². The molecule has 1 aromatic heterocycles.